The molecule has 11 heavy (non-hydrogen) atoms. The van der Waals surface area contributed by atoms with E-state index in [0.29, 0.717) is 12.3 Å². The highest BCUT2D eigenvalue weighted by Gasteiger charge is 2.15. The van der Waals surface area contributed by atoms with Gasteiger partial charge in [0.15, 0.2) is 0 Å². The molecule has 2 nitrogen and oxygen atoms in total. The number of quaternary nitrogens is 1. The lowest BCUT2D eigenvalue weighted by molar-refractivity contribution is -0.873. The van der Waals surface area contributed by atoms with Crippen molar-refractivity contribution in [3.05, 3.63) is 0 Å². The Labute approximate surface area is 73.7 Å². The van der Waals surface area contributed by atoms with Crippen LogP contribution in [0.4, 0.5) is 0 Å². The molecule has 0 aromatic rings. The Morgan fingerprint density at radius 1 is 1.45 bits per heavy atom. The van der Waals surface area contributed by atoms with Crippen molar-refractivity contribution in [2.75, 3.05) is 27.7 Å². The highest BCUT2D eigenvalue weighted by Crippen LogP contribution is 2.08. The van der Waals surface area contributed by atoms with Crippen LogP contribution < -0.4 is 0 Å². The van der Waals surface area contributed by atoms with Gasteiger partial charge in [-0.1, -0.05) is 6.92 Å². The number of carbonyl (C=O) groups excluding carboxylic acids is 1. The van der Waals surface area contributed by atoms with Crippen LogP contribution in [0.25, 0.3) is 0 Å². The van der Waals surface area contributed by atoms with Crippen molar-refractivity contribution in [2.24, 2.45) is 5.92 Å². The van der Waals surface area contributed by atoms with E-state index in [4.69, 9.17) is 11.6 Å². The summed E-state index contributed by atoms with van der Waals surface area (Å²) in [6.07, 6.45) is 0.483. The van der Waals surface area contributed by atoms with Crippen LogP contribution >= 0.6 is 11.6 Å². The third-order valence-corrected chi connectivity index (χ3v) is 1.52. The van der Waals surface area contributed by atoms with E-state index in [1.54, 1.807) is 0 Å². The van der Waals surface area contributed by atoms with Gasteiger partial charge in [0, 0.05) is 12.3 Å². The van der Waals surface area contributed by atoms with Crippen molar-refractivity contribution in [3.8, 4) is 0 Å². The number of hydrogen-bond acceptors (Lipinski definition) is 1. The molecule has 0 heterocycles. The van der Waals surface area contributed by atoms with Crippen LogP contribution in [-0.4, -0.2) is 37.4 Å². The molecule has 0 fully saturated rings. The predicted molar refractivity (Wildman–Crippen MR) is 47.5 cm³/mol. The third-order valence-electron chi connectivity index (χ3n) is 1.37. The summed E-state index contributed by atoms with van der Waals surface area (Å²) in [5, 5.41) is -0.231. The molecule has 0 N–H and O–H groups in total. The summed E-state index contributed by atoms with van der Waals surface area (Å²) in [7, 11) is 6.32. The molecule has 0 aromatic carbocycles. The molecule has 0 saturated carbocycles. The Bertz CT molecular complexity index is 140. The number of nitrogens with zero attached hydrogens (tertiary/aromatic N) is 1. The minimum absolute atomic E-state index is 0.231. The van der Waals surface area contributed by atoms with Gasteiger partial charge in [0.2, 0.25) is 5.24 Å². The summed E-state index contributed by atoms with van der Waals surface area (Å²) >= 11 is 5.26. The standard InChI is InChI=1S/C8H17ClNO/c1-7(5-8(9)11)6-10(2,3)4/h7H,5-6H2,1-4H3/q+1/t7-/m1/s1. The Morgan fingerprint density at radius 2 is 1.91 bits per heavy atom. The van der Waals surface area contributed by atoms with Crippen LogP contribution in [0, 0.1) is 5.92 Å². The van der Waals surface area contributed by atoms with E-state index in [2.05, 4.69) is 21.1 Å². The second-order valence-electron chi connectivity index (χ2n) is 4.14. The molecule has 0 aliphatic heterocycles. The van der Waals surface area contributed by atoms with Crippen LogP contribution in [0.2, 0.25) is 0 Å². The van der Waals surface area contributed by atoms with Crippen molar-refractivity contribution in [1.29, 1.82) is 0 Å². The first-order valence-corrected chi connectivity index (χ1v) is 4.18. The van der Waals surface area contributed by atoms with Crippen molar-refractivity contribution < 1.29 is 9.28 Å². The van der Waals surface area contributed by atoms with Gasteiger partial charge in [-0.15, -0.1) is 0 Å². The second kappa shape index (κ2) is 4.07. The first-order valence-electron chi connectivity index (χ1n) is 3.80. The van der Waals surface area contributed by atoms with Crippen LogP contribution in [0.3, 0.4) is 0 Å². The first kappa shape index (κ1) is 10.9. The third kappa shape index (κ3) is 7.82. The van der Waals surface area contributed by atoms with Crippen molar-refractivity contribution in [1.82, 2.24) is 0 Å². The SMILES string of the molecule is C[C@H](CC(=O)Cl)C[N+](C)(C)C. The lowest BCUT2D eigenvalue weighted by Gasteiger charge is -2.26. The number of carbonyl (C=O) groups is 1. The second-order valence-corrected chi connectivity index (χ2v) is 4.56. The molecule has 0 amide bonds. The molecule has 3 heteroatoms. The zero-order chi connectivity index (χ0) is 9.07. The summed E-state index contributed by atoms with van der Waals surface area (Å²) in [6.45, 7) is 3.03. The summed E-state index contributed by atoms with van der Waals surface area (Å²) in [5.41, 5.74) is 0. The summed E-state index contributed by atoms with van der Waals surface area (Å²) in [6, 6.07) is 0. The molecular weight excluding hydrogens is 162 g/mol. The summed E-state index contributed by atoms with van der Waals surface area (Å²) < 4.78 is 0.880. The Balaban J connectivity index is 3.69. The number of hydrogen-bond donors (Lipinski definition) is 0. The van der Waals surface area contributed by atoms with Gasteiger partial charge < -0.3 is 4.48 Å². The van der Waals surface area contributed by atoms with Gasteiger partial charge in [0.25, 0.3) is 0 Å². The lowest BCUT2D eigenvalue weighted by Crippen LogP contribution is -2.38. The Morgan fingerprint density at radius 3 is 2.18 bits per heavy atom. The van der Waals surface area contributed by atoms with Crippen molar-refractivity contribution >= 4 is 16.8 Å². The molecule has 0 aliphatic rings. The maximum absolute atomic E-state index is 10.5. The number of rotatable bonds is 4. The lowest BCUT2D eigenvalue weighted by atomic mass is 10.1. The van der Waals surface area contributed by atoms with Gasteiger partial charge >= 0.3 is 0 Å². The van der Waals surface area contributed by atoms with Gasteiger partial charge in [-0.05, 0) is 11.6 Å². The fraction of sp³-hybridized carbons (Fsp3) is 0.875. The minimum atomic E-state index is -0.231. The van der Waals surface area contributed by atoms with Crippen LogP contribution in [0.5, 0.6) is 0 Å². The number of halogens is 1. The fourth-order valence-electron chi connectivity index (χ4n) is 1.27. The smallest absolute Gasteiger partial charge is 0.222 e. The molecule has 0 aromatic heterocycles. The maximum atomic E-state index is 10.5. The quantitative estimate of drug-likeness (QED) is 0.471. The normalized spacial score (nSPS) is 14.6. The molecule has 66 valence electrons. The van der Waals surface area contributed by atoms with E-state index in [9.17, 15) is 4.79 Å². The molecule has 0 radical (unpaired) electrons. The summed E-state index contributed by atoms with van der Waals surface area (Å²) in [4.78, 5) is 10.5. The van der Waals surface area contributed by atoms with Crippen molar-refractivity contribution in [3.63, 3.8) is 0 Å². The maximum Gasteiger partial charge on any atom is 0.222 e. The predicted octanol–water partition coefficient (Wildman–Crippen LogP) is 1.48. The molecule has 0 aliphatic carbocycles. The van der Waals surface area contributed by atoms with Crippen LogP contribution in [0.15, 0.2) is 0 Å². The van der Waals surface area contributed by atoms with Gasteiger partial charge in [-0.25, -0.2) is 0 Å². The van der Waals surface area contributed by atoms with E-state index >= 15 is 0 Å². The molecule has 0 rings (SSSR count). The van der Waals surface area contributed by atoms with Gasteiger partial charge in [-0.3, -0.25) is 4.79 Å². The average Bonchev–Trinajstić information content (AvgIpc) is 1.53. The average molecular weight is 179 g/mol. The van der Waals surface area contributed by atoms with Crippen molar-refractivity contribution in [2.45, 2.75) is 13.3 Å². The van der Waals surface area contributed by atoms with E-state index in [0.717, 1.165) is 11.0 Å². The topological polar surface area (TPSA) is 17.1 Å². The molecule has 1 atom stereocenters. The first-order chi connectivity index (χ1) is 4.81. The van der Waals surface area contributed by atoms with E-state index in [-0.39, 0.29) is 5.24 Å². The highest BCUT2D eigenvalue weighted by atomic mass is 35.5. The molecule has 0 unspecified atom stereocenters. The molecule has 0 bridgehead atoms. The van der Waals surface area contributed by atoms with Gasteiger partial charge in [0.05, 0.1) is 27.7 Å². The minimum Gasteiger partial charge on any atom is -0.331 e. The monoisotopic (exact) mass is 178 g/mol. The molecule has 0 saturated heterocycles. The van der Waals surface area contributed by atoms with E-state index in [1.807, 2.05) is 6.92 Å². The van der Waals surface area contributed by atoms with E-state index < -0.39 is 0 Å². The van der Waals surface area contributed by atoms with Gasteiger partial charge in [0.1, 0.15) is 0 Å². The van der Waals surface area contributed by atoms with Gasteiger partial charge in [-0.2, -0.15) is 0 Å². The molecule has 0 spiro atoms. The summed E-state index contributed by atoms with van der Waals surface area (Å²) in [5.74, 6) is 0.375. The van der Waals surface area contributed by atoms with Crippen LogP contribution in [0.1, 0.15) is 13.3 Å². The zero-order valence-electron chi connectivity index (χ0n) is 7.72. The van der Waals surface area contributed by atoms with Crippen LogP contribution in [-0.2, 0) is 4.79 Å². The Hall–Kier alpha value is -0.0800. The molecular formula is C8H17ClNO+. The highest BCUT2D eigenvalue weighted by molar-refractivity contribution is 6.63. The fourth-order valence-corrected chi connectivity index (χ4v) is 1.54. The zero-order valence-corrected chi connectivity index (χ0v) is 8.48. The van der Waals surface area contributed by atoms with E-state index in [1.165, 1.54) is 0 Å². The largest absolute Gasteiger partial charge is 0.331 e. The Kier molecular flexibility index (Phi) is 4.04.